The maximum atomic E-state index is 17.4. The van der Waals surface area contributed by atoms with Crippen molar-refractivity contribution in [3.8, 4) is 23.0 Å². The molecule has 1 amide bonds. The minimum Gasteiger partial charge on any atom is -0.468 e. The predicted molar refractivity (Wildman–Crippen MR) is 203 cm³/mol. The molecule has 0 spiro atoms. The van der Waals surface area contributed by atoms with Crippen LogP contribution in [0.25, 0.3) is 32.9 Å². The number of amides is 1. The van der Waals surface area contributed by atoms with E-state index in [4.69, 9.17) is 33.9 Å². The minimum atomic E-state index is -0.695. The van der Waals surface area contributed by atoms with Crippen molar-refractivity contribution in [2.45, 2.75) is 102 Å². The molecule has 4 saturated heterocycles. The summed E-state index contributed by atoms with van der Waals surface area (Å²) in [4.78, 5) is 33.9. The lowest BCUT2D eigenvalue weighted by atomic mass is 9.94. The van der Waals surface area contributed by atoms with Crippen LogP contribution in [0.15, 0.2) is 30.5 Å². The van der Waals surface area contributed by atoms with Gasteiger partial charge in [0.05, 0.1) is 29.6 Å². The third-order valence-corrected chi connectivity index (χ3v) is 11.8. The standard InChI is InChI=1S/C41H50F2N6O6/c1-6-29-32(42)11-8-24-16-28(54-23-52-5)17-30(33(24)29)35-34(43)36-31(18-44-35)37(47-19-25-9-10-26(20-47)49(25)39(51)55-40(2,3)4)46-38(45-36)53-22-41-13-7-15-48(41)27(21-50)12-14-41/h8,11,16-18,25-27,50H,6-7,9-10,12-15,19-23H2,1-5H3/t25-,26+,27-,41-/m0/s1. The Morgan fingerprint density at radius 2 is 1.84 bits per heavy atom. The first kappa shape index (κ1) is 37.5. The third-order valence-electron chi connectivity index (χ3n) is 11.8. The number of aryl methyl sites for hydroxylation is 1. The van der Waals surface area contributed by atoms with Gasteiger partial charge < -0.3 is 29.0 Å². The van der Waals surface area contributed by atoms with Gasteiger partial charge in [-0.05, 0) is 107 Å². The highest BCUT2D eigenvalue weighted by Gasteiger charge is 2.50. The van der Waals surface area contributed by atoms with E-state index < -0.39 is 11.4 Å². The minimum absolute atomic E-state index is 0.00627. The molecule has 4 atom stereocenters. The van der Waals surface area contributed by atoms with Crippen LogP contribution >= 0.6 is 0 Å². The molecule has 0 radical (unpaired) electrons. The van der Waals surface area contributed by atoms with Crippen molar-refractivity contribution < 1.29 is 37.6 Å². The van der Waals surface area contributed by atoms with Gasteiger partial charge in [0.1, 0.15) is 40.8 Å². The lowest BCUT2D eigenvalue weighted by Gasteiger charge is -2.42. The number of pyridine rings is 1. The molecule has 12 nitrogen and oxygen atoms in total. The number of aliphatic hydroxyl groups is 1. The SMILES string of the molecule is CCc1c(F)ccc2cc(OCOC)cc(-c3ncc4c(N5C[C@H]6CC[C@@H](C5)N6C(=O)OC(C)(C)C)nc(OC[C@@]56CCCN5[C@H](CO)CC6)nc4c3F)c12. The first-order valence-electron chi connectivity index (χ1n) is 19.4. The topological polar surface area (TPSA) is 123 Å². The number of aliphatic hydroxyl groups excluding tert-OH is 1. The molecular formula is C41H50F2N6O6. The molecule has 294 valence electrons. The molecule has 0 saturated carbocycles. The molecule has 2 aromatic heterocycles. The van der Waals surface area contributed by atoms with Crippen LogP contribution in [0.1, 0.15) is 71.8 Å². The second-order valence-electron chi connectivity index (χ2n) is 16.4. The average Bonchev–Trinajstić information content (AvgIpc) is 3.81. The van der Waals surface area contributed by atoms with E-state index in [0.29, 0.717) is 65.0 Å². The fourth-order valence-corrected chi connectivity index (χ4v) is 9.44. The number of anilines is 1. The maximum absolute atomic E-state index is 17.4. The number of nitrogens with zero attached hydrogens (tertiary/aromatic N) is 6. The molecule has 4 aliphatic heterocycles. The normalized spacial score (nSPS) is 23.9. The number of methoxy groups -OCH3 is 1. The van der Waals surface area contributed by atoms with Crippen LogP contribution in [0.4, 0.5) is 19.4 Å². The fraction of sp³-hybridized carbons (Fsp3) is 0.561. The first-order chi connectivity index (χ1) is 26.4. The zero-order valence-corrected chi connectivity index (χ0v) is 32.2. The summed E-state index contributed by atoms with van der Waals surface area (Å²) in [7, 11) is 1.51. The molecular weight excluding hydrogens is 710 g/mol. The summed E-state index contributed by atoms with van der Waals surface area (Å²) in [5.74, 6) is -0.191. The van der Waals surface area contributed by atoms with Crippen LogP contribution < -0.4 is 14.4 Å². The Hall–Kier alpha value is -4.40. The largest absolute Gasteiger partial charge is 0.468 e. The number of halogens is 2. The van der Waals surface area contributed by atoms with E-state index in [9.17, 15) is 9.90 Å². The Balaban J connectivity index is 1.23. The number of carbonyl (C=O) groups is 1. The molecule has 4 aromatic rings. The van der Waals surface area contributed by atoms with Gasteiger partial charge in [0, 0.05) is 38.0 Å². The van der Waals surface area contributed by atoms with Crippen LogP contribution in [-0.2, 0) is 15.9 Å². The molecule has 55 heavy (non-hydrogen) atoms. The monoisotopic (exact) mass is 760 g/mol. The average molecular weight is 761 g/mol. The summed E-state index contributed by atoms with van der Waals surface area (Å²) in [6.07, 6.45) is 6.90. The van der Waals surface area contributed by atoms with Crippen LogP contribution in [0.2, 0.25) is 0 Å². The van der Waals surface area contributed by atoms with E-state index in [1.165, 1.54) is 13.2 Å². The Morgan fingerprint density at radius 1 is 1.05 bits per heavy atom. The zero-order chi connectivity index (χ0) is 38.6. The lowest BCUT2D eigenvalue weighted by Crippen LogP contribution is -2.57. The van der Waals surface area contributed by atoms with Gasteiger partial charge in [-0.15, -0.1) is 0 Å². The summed E-state index contributed by atoms with van der Waals surface area (Å²) in [6.45, 7) is 9.61. The van der Waals surface area contributed by atoms with Crippen LogP contribution in [0.5, 0.6) is 11.8 Å². The molecule has 14 heteroatoms. The number of ether oxygens (including phenoxy) is 4. The molecule has 0 unspecified atom stereocenters. The highest BCUT2D eigenvalue weighted by atomic mass is 19.1. The maximum Gasteiger partial charge on any atom is 0.410 e. The molecule has 1 N–H and O–H groups in total. The molecule has 2 aromatic carbocycles. The van der Waals surface area contributed by atoms with Crippen LogP contribution in [0.3, 0.4) is 0 Å². The number of fused-ring (bicyclic) bond motifs is 5. The Kier molecular flexibility index (Phi) is 9.96. The molecule has 4 fully saturated rings. The summed E-state index contributed by atoms with van der Waals surface area (Å²) >= 11 is 0. The smallest absolute Gasteiger partial charge is 0.410 e. The van der Waals surface area contributed by atoms with Gasteiger partial charge >= 0.3 is 12.1 Å². The van der Waals surface area contributed by atoms with Gasteiger partial charge in [-0.2, -0.15) is 9.97 Å². The highest BCUT2D eigenvalue weighted by Crippen LogP contribution is 2.44. The summed E-state index contributed by atoms with van der Waals surface area (Å²) in [5, 5.41) is 11.7. The third kappa shape index (κ3) is 6.80. The quantitative estimate of drug-likeness (QED) is 0.176. The molecule has 8 rings (SSSR count). The Bertz CT molecular complexity index is 2100. The fourth-order valence-electron chi connectivity index (χ4n) is 9.44. The Morgan fingerprint density at radius 3 is 2.55 bits per heavy atom. The summed E-state index contributed by atoms with van der Waals surface area (Å²) < 4.78 is 55.9. The van der Waals surface area contributed by atoms with Crippen molar-refractivity contribution in [2.75, 3.05) is 51.7 Å². The van der Waals surface area contributed by atoms with Crippen molar-refractivity contribution >= 4 is 33.6 Å². The van der Waals surface area contributed by atoms with E-state index in [2.05, 4.69) is 9.80 Å². The van der Waals surface area contributed by atoms with E-state index in [0.717, 1.165) is 45.1 Å². The lowest BCUT2D eigenvalue weighted by molar-refractivity contribution is 0.0122. The second kappa shape index (κ2) is 14.6. The molecule has 0 aliphatic carbocycles. The van der Waals surface area contributed by atoms with Gasteiger partial charge in [0.2, 0.25) is 0 Å². The zero-order valence-electron chi connectivity index (χ0n) is 32.2. The van der Waals surface area contributed by atoms with Crippen LogP contribution in [-0.4, -0.2) is 112 Å². The van der Waals surface area contributed by atoms with Crippen LogP contribution in [0, 0.1) is 11.6 Å². The number of carbonyl (C=O) groups excluding carboxylic acids is 1. The number of benzene rings is 2. The number of hydrogen-bond donors (Lipinski definition) is 1. The summed E-state index contributed by atoms with van der Waals surface area (Å²) in [5.41, 5.74) is -0.0533. The van der Waals surface area contributed by atoms with Gasteiger partial charge in [0.25, 0.3) is 0 Å². The molecule has 2 bridgehead atoms. The van der Waals surface area contributed by atoms with E-state index in [1.54, 1.807) is 24.4 Å². The predicted octanol–water partition coefficient (Wildman–Crippen LogP) is 6.62. The number of hydrogen-bond acceptors (Lipinski definition) is 11. The molecule has 4 aliphatic rings. The molecule has 6 heterocycles. The van der Waals surface area contributed by atoms with Crippen molar-refractivity contribution in [3.05, 3.63) is 47.7 Å². The first-order valence-corrected chi connectivity index (χ1v) is 19.4. The number of piperazine rings is 1. The van der Waals surface area contributed by atoms with Crippen molar-refractivity contribution in [1.82, 2.24) is 24.8 Å². The number of aromatic nitrogens is 3. The van der Waals surface area contributed by atoms with Crippen molar-refractivity contribution in [1.29, 1.82) is 0 Å². The second-order valence-corrected chi connectivity index (χ2v) is 16.4. The van der Waals surface area contributed by atoms with E-state index in [1.807, 2.05) is 32.6 Å². The number of rotatable bonds is 10. The summed E-state index contributed by atoms with van der Waals surface area (Å²) in [6, 6.07) is 6.38. The van der Waals surface area contributed by atoms with Crippen molar-refractivity contribution in [2.24, 2.45) is 0 Å². The van der Waals surface area contributed by atoms with Crippen molar-refractivity contribution in [3.63, 3.8) is 0 Å². The van der Waals surface area contributed by atoms with Gasteiger partial charge in [-0.25, -0.2) is 13.6 Å². The highest BCUT2D eigenvalue weighted by molar-refractivity contribution is 6.02. The van der Waals surface area contributed by atoms with Gasteiger partial charge in [0.15, 0.2) is 12.6 Å². The van der Waals surface area contributed by atoms with E-state index in [-0.39, 0.29) is 66.2 Å². The van der Waals surface area contributed by atoms with E-state index >= 15 is 8.78 Å². The Labute approximate surface area is 319 Å². The van der Waals surface area contributed by atoms with Gasteiger partial charge in [-0.1, -0.05) is 13.0 Å². The van der Waals surface area contributed by atoms with Gasteiger partial charge in [-0.3, -0.25) is 14.8 Å².